The van der Waals surface area contributed by atoms with Gasteiger partial charge in [-0.3, -0.25) is 9.59 Å². The first-order valence-corrected chi connectivity index (χ1v) is 12.2. The minimum absolute atomic E-state index is 0.0634. The zero-order valence-electron chi connectivity index (χ0n) is 21.0. The highest BCUT2D eigenvalue weighted by Crippen LogP contribution is 2.33. The lowest BCUT2D eigenvalue weighted by Gasteiger charge is -2.34. The molecule has 0 heterocycles. The van der Waals surface area contributed by atoms with Crippen LogP contribution in [0, 0.1) is 25.2 Å². The smallest absolute Gasteiger partial charge is 0.330 e. The number of carbonyl (C=O) groups is 3. The van der Waals surface area contributed by atoms with Gasteiger partial charge in [-0.15, -0.1) is 0 Å². The number of amides is 2. The molecule has 0 spiro atoms. The van der Waals surface area contributed by atoms with Crippen LogP contribution in [-0.2, 0) is 14.4 Å². The number of carboxylic acids is 1. The minimum atomic E-state index is -1.23. The number of nitrogens with zero attached hydrogens (tertiary/aromatic N) is 1. The third-order valence-corrected chi connectivity index (χ3v) is 6.33. The van der Waals surface area contributed by atoms with Crippen molar-refractivity contribution in [1.29, 1.82) is 0 Å². The van der Waals surface area contributed by atoms with Crippen LogP contribution in [0.25, 0.3) is 0 Å². The summed E-state index contributed by atoms with van der Waals surface area (Å²) >= 11 is 0. The Morgan fingerprint density at radius 2 is 1.66 bits per heavy atom. The molecule has 2 aromatic carbocycles. The normalized spacial score (nSPS) is 14.9. The van der Waals surface area contributed by atoms with E-state index in [4.69, 9.17) is 4.84 Å². The Morgan fingerprint density at radius 1 is 1.06 bits per heavy atom. The molecule has 0 bridgehead atoms. The summed E-state index contributed by atoms with van der Waals surface area (Å²) in [7, 11) is 0. The third-order valence-electron chi connectivity index (χ3n) is 6.33. The van der Waals surface area contributed by atoms with Crippen molar-refractivity contribution >= 4 is 23.5 Å². The molecule has 2 N–H and O–H groups in total. The number of hydrogen-bond acceptors (Lipinski definition) is 4. The first-order valence-electron chi connectivity index (χ1n) is 12.2. The number of carboxylic acid groups (broad SMARTS) is 1. The molecular weight excluding hydrogens is 444 g/mol. The second-order valence-electron chi connectivity index (χ2n) is 10.4. The van der Waals surface area contributed by atoms with Gasteiger partial charge < -0.3 is 15.3 Å². The van der Waals surface area contributed by atoms with E-state index in [1.807, 2.05) is 52.0 Å². The lowest BCUT2D eigenvalue weighted by molar-refractivity contribution is -0.183. The van der Waals surface area contributed by atoms with Gasteiger partial charge in [0.1, 0.15) is 0 Å². The van der Waals surface area contributed by atoms with Crippen LogP contribution in [0.1, 0.15) is 63.5 Å². The summed E-state index contributed by atoms with van der Waals surface area (Å²) in [6.07, 6.45) is 3.49. The second kappa shape index (κ2) is 11.4. The largest absolute Gasteiger partial charge is 0.480 e. The molecule has 3 rings (SSSR count). The summed E-state index contributed by atoms with van der Waals surface area (Å²) in [5.74, 6) is -1.53. The van der Waals surface area contributed by atoms with Crippen molar-refractivity contribution in [2.45, 2.75) is 72.3 Å². The number of aryl methyl sites for hydroxylation is 2. The third kappa shape index (κ3) is 7.57. The molecule has 188 valence electrons. The van der Waals surface area contributed by atoms with Crippen molar-refractivity contribution < 1.29 is 24.3 Å². The zero-order chi connectivity index (χ0) is 25.6. The molecule has 1 fully saturated rings. The van der Waals surface area contributed by atoms with Gasteiger partial charge in [-0.2, -0.15) is 5.06 Å². The van der Waals surface area contributed by atoms with Crippen molar-refractivity contribution in [3.05, 3.63) is 59.7 Å². The van der Waals surface area contributed by atoms with Crippen molar-refractivity contribution in [2.24, 2.45) is 11.3 Å². The molecule has 1 aliphatic carbocycles. The number of hydrogen-bond donors (Lipinski definition) is 2. The number of rotatable bonds is 10. The van der Waals surface area contributed by atoms with Crippen molar-refractivity contribution in [2.75, 3.05) is 5.32 Å². The van der Waals surface area contributed by atoms with E-state index in [0.717, 1.165) is 41.9 Å². The average molecular weight is 481 g/mol. The van der Waals surface area contributed by atoms with Gasteiger partial charge in [0, 0.05) is 18.0 Å². The van der Waals surface area contributed by atoms with E-state index >= 15 is 0 Å². The highest BCUT2D eigenvalue weighted by atomic mass is 16.7. The van der Waals surface area contributed by atoms with Crippen LogP contribution >= 0.6 is 0 Å². The quantitative estimate of drug-likeness (QED) is 0.437. The van der Waals surface area contributed by atoms with E-state index in [2.05, 4.69) is 5.32 Å². The molecule has 35 heavy (non-hydrogen) atoms. The maximum absolute atomic E-state index is 13.4. The zero-order valence-corrected chi connectivity index (χ0v) is 21.0. The maximum atomic E-state index is 13.4. The second-order valence-corrected chi connectivity index (χ2v) is 10.4. The summed E-state index contributed by atoms with van der Waals surface area (Å²) in [4.78, 5) is 44.5. The Bertz CT molecular complexity index is 1020. The average Bonchev–Trinajstić information content (AvgIpc) is 3.30. The number of nitrogens with one attached hydrogen (secondary N) is 1. The van der Waals surface area contributed by atoms with E-state index < -0.39 is 17.4 Å². The van der Waals surface area contributed by atoms with Crippen LogP contribution in [-0.4, -0.2) is 34.0 Å². The molecule has 1 atom stereocenters. The molecule has 0 radical (unpaired) electrons. The van der Waals surface area contributed by atoms with Gasteiger partial charge in [0.15, 0.2) is 11.8 Å². The molecule has 0 saturated heterocycles. The van der Waals surface area contributed by atoms with Gasteiger partial charge in [0.05, 0.1) is 0 Å². The first kappa shape index (κ1) is 26.3. The van der Waals surface area contributed by atoms with Gasteiger partial charge >= 0.3 is 5.97 Å². The molecule has 7 heteroatoms. The Morgan fingerprint density at radius 3 is 2.23 bits per heavy atom. The highest BCUT2D eigenvalue weighted by Gasteiger charge is 2.40. The van der Waals surface area contributed by atoms with Crippen molar-refractivity contribution in [3.8, 4) is 5.75 Å². The van der Waals surface area contributed by atoms with Crippen LogP contribution in [0.5, 0.6) is 5.75 Å². The van der Waals surface area contributed by atoms with Crippen LogP contribution in [0.2, 0.25) is 0 Å². The van der Waals surface area contributed by atoms with Gasteiger partial charge in [0.2, 0.25) is 5.91 Å². The first-order chi connectivity index (χ1) is 16.5. The monoisotopic (exact) mass is 480 g/mol. The fraction of sp³-hybridized carbons (Fsp3) is 0.464. The molecule has 7 nitrogen and oxygen atoms in total. The molecule has 2 aromatic rings. The standard InChI is InChI=1S/C28H36N2O5/c1-19-14-20(2)16-22(15-19)29-25(31)18-28(3,4)17-24(27(33)34)30(26(32)21-10-8-9-11-21)35-23-12-6-5-7-13-23/h5-7,12-16,21,24H,8-11,17-18H2,1-4H3,(H,29,31)(H,33,34)/t24-/m0/s1. The maximum Gasteiger partial charge on any atom is 0.330 e. The number of para-hydroxylation sites is 1. The number of anilines is 1. The fourth-order valence-corrected chi connectivity index (χ4v) is 4.76. The van der Waals surface area contributed by atoms with E-state index in [-0.39, 0.29) is 30.6 Å². The van der Waals surface area contributed by atoms with Gasteiger partial charge in [-0.05, 0) is 73.9 Å². The molecule has 0 aliphatic heterocycles. The summed E-state index contributed by atoms with van der Waals surface area (Å²) in [5.41, 5.74) is 2.10. The van der Waals surface area contributed by atoms with E-state index in [1.165, 1.54) is 0 Å². The molecule has 0 aromatic heterocycles. The topological polar surface area (TPSA) is 95.9 Å². The summed E-state index contributed by atoms with van der Waals surface area (Å²) < 4.78 is 0. The molecule has 0 unspecified atom stereocenters. The van der Waals surface area contributed by atoms with E-state index in [9.17, 15) is 19.5 Å². The van der Waals surface area contributed by atoms with Crippen molar-refractivity contribution in [3.63, 3.8) is 0 Å². The van der Waals surface area contributed by atoms with Crippen LogP contribution in [0.15, 0.2) is 48.5 Å². The number of benzene rings is 2. The highest BCUT2D eigenvalue weighted by molar-refractivity contribution is 5.91. The van der Waals surface area contributed by atoms with Gasteiger partial charge in [-0.1, -0.05) is 51.0 Å². The number of carbonyl (C=O) groups excluding carboxylic acids is 2. The van der Waals surface area contributed by atoms with Crippen molar-refractivity contribution in [1.82, 2.24) is 5.06 Å². The molecule has 1 saturated carbocycles. The minimum Gasteiger partial charge on any atom is -0.480 e. The lowest BCUT2D eigenvalue weighted by atomic mass is 9.82. The predicted molar refractivity (Wildman–Crippen MR) is 135 cm³/mol. The van der Waals surface area contributed by atoms with Crippen LogP contribution in [0.3, 0.4) is 0 Å². The Hall–Kier alpha value is -3.35. The Labute approximate surface area is 207 Å². The fourth-order valence-electron chi connectivity index (χ4n) is 4.76. The number of aliphatic carboxylic acids is 1. The summed E-state index contributed by atoms with van der Waals surface area (Å²) in [6.45, 7) is 7.61. The van der Waals surface area contributed by atoms with Gasteiger partial charge in [-0.25, -0.2) is 4.79 Å². The predicted octanol–water partition coefficient (Wildman–Crippen LogP) is 5.51. The Kier molecular flexibility index (Phi) is 8.54. The van der Waals surface area contributed by atoms with E-state index in [1.54, 1.807) is 24.3 Å². The van der Waals surface area contributed by atoms with Crippen LogP contribution in [0.4, 0.5) is 5.69 Å². The molecular formula is C28H36N2O5. The number of hydroxylamine groups is 2. The van der Waals surface area contributed by atoms with Gasteiger partial charge in [0.25, 0.3) is 5.91 Å². The molecule has 1 aliphatic rings. The van der Waals surface area contributed by atoms with Crippen LogP contribution < -0.4 is 10.2 Å². The summed E-state index contributed by atoms with van der Waals surface area (Å²) in [5, 5.41) is 14.1. The molecule has 2 amide bonds. The SMILES string of the molecule is Cc1cc(C)cc(NC(=O)CC(C)(C)C[C@@H](C(=O)O)N(Oc2ccccc2)C(=O)C2CCCC2)c1. The summed E-state index contributed by atoms with van der Waals surface area (Å²) in [6, 6.07) is 13.3. The lowest BCUT2D eigenvalue weighted by Crippen LogP contribution is -2.51. The Balaban J connectivity index is 1.77. The van der Waals surface area contributed by atoms with E-state index in [0.29, 0.717) is 11.4 Å².